The van der Waals surface area contributed by atoms with E-state index in [1.54, 1.807) is 11.8 Å². The van der Waals surface area contributed by atoms with Crippen LogP contribution in [0.4, 0.5) is 5.69 Å². The minimum Gasteiger partial charge on any atom is -0.342 e. The van der Waals surface area contributed by atoms with Crippen molar-refractivity contribution in [3.63, 3.8) is 0 Å². The van der Waals surface area contributed by atoms with Crippen molar-refractivity contribution >= 4 is 28.5 Å². The number of rotatable bonds is 3. The molecular weight excluding hydrogens is 268 g/mol. The molecule has 2 amide bonds. The van der Waals surface area contributed by atoms with E-state index in [0.29, 0.717) is 18.7 Å². The average molecular weight is 286 g/mol. The van der Waals surface area contributed by atoms with Crippen molar-refractivity contribution in [3.05, 3.63) is 24.0 Å². The Morgan fingerprint density at radius 1 is 1.48 bits per heavy atom. The molecule has 110 valence electrons. The van der Waals surface area contributed by atoms with Crippen LogP contribution in [0.25, 0.3) is 11.0 Å². The number of aryl methyl sites for hydroxylation is 1. The van der Waals surface area contributed by atoms with Gasteiger partial charge in [-0.3, -0.25) is 9.59 Å². The fourth-order valence-electron chi connectivity index (χ4n) is 2.68. The van der Waals surface area contributed by atoms with Crippen LogP contribution in [-0.2, 0) is 9.59 Å². The first-order valence-corrected chi connectivity index (χ1v) is 7.11. The van der Waals surface area contributed by atoms with Crippen LogP contribution in [0.2, 0.25) is 0 Å². The Balaban J connectivity index is 1.74. The number of hydrogen-bond acceptors (Lipinski definition) is 3. The van der Waals surface area contributed by atoms with E-state index < -0.39 is 6.04 Å². The Morgan fingerprint density at radius 2 is 2.29 bits per heavy atom. The summed E-state index contributed by atoms with van der Waals surface area (Å²) in [4.78, 5) is 33.0. The van der Waals surface area contributed by atoms with Crippen LogP contribution >= 0.6 is 0 Å². The number of nitrogens with one attached hydrogen (secondary N) is 2. The number of aromatic amines is 1. The number of nitrogens with zero attached hydrogens (tertiary/aromatic N) is 2. The second-order valence-corrected chi connectivity index (χ2v) is 5.41. The van der Waals surface area contributed by atoms with Gasteiger partial charge in [0.25, 0.3) is 0 Å². The summed E-state index contributed by atoms with van der Waals surface area (Å²) < 4.78 is 0. The second kappa shape index (κ2) is 5.20. The molecule has 2 N–H and O–H groups in total. The maximum Gasteiger partial charge on any atom is 0.246 e. The van der Waals surface area contributed by atoms with Gasteiger partial charge in [0, 0.05) is 18.7 Å². The van der Waals surface area contributed by atoms with Gasteiger partial charge < -0.3 is 15.2 Å². The zero-order chi connectivity index (χ0) is 15.0. The highest BCUT2D eigenvalue weighted by Gasteiger charge is 2.29. The van der Waals surface area contributed by atoms with Gasteiger partial charge >= 0.3 is 0 Å². The quantitative estimate of drug-likeness (QED) is 0.903. The third kappa shape index (κ3) is 2.61. The maximum absolute atomic E-state index is 12.3. The number of imidazole rings is 1. The van der Waals surface area contributed by atoms with E-state index >= 15 is 0 Å². The third-order valence-electron chi connectivity index (χ3n) is 3.82. The number of anilines is 1. The summed E-state index contributed by atoms with van der Waals surface area (Å²) in [5, 5.41) is 2.86. The van der Waals surface area contributed by atoms with Crippen LogP contribution in [0.1, 0.15) is 25.6 Å². The van der Waals surface area contributed by atoms with Gasteiger partial charge in [-0.05, 0) is 38.5 Å². The van der Waals surface area contributed by atoms with Crippen molar-refractivity contribution in [1.29, 1.82) is 0 Å². The molecule has 1 aromatic heterocycles. The number of likely N-dealkylation sites (tertiary alicyclic amines) is 1. The van der Waals surface area contributed by atoms with E-state index in [1.165, 1.54) is 0 Å². The molecule has 2 aromatic rings. The lowest BCUT2D eigenvalue weighted by atomic mass is 10.2. The fraction of sp³-hybridized carbons (Fsp3) is 0.400. The topological polar surface area (TPSA) is 78.1 Å². The Bertz CT molecular complexity index is 707. The van der Waals surface area contributed by atoms with Crippen LogP contribution in [0.3, 0.4) is 0 Å². The first-order chi connectivity index (χ1) is 10.0. The Morgan fingerprint density at radius 3 is 3.00 bits per heavy atom. The lowest BCUT2D eigenvalue weighted by Crippen LogP contribution is -2.42. The van der Waals surface area contributed by atoms with E-state index in [4.69, 9.17) is 0 Å². The van der Waals surface area contributed by atoms with E-state index in [2.05, 4.69) is 15.3 Å². The second-order valence-electron chi connectivity index (χ2n) is 5.41. The molecule has 0 saturated carbocycles. The van der Waals surface area contributed by atoms with Crippen LogP contribution in [0, 0.1) is 6.92 Å². The number of carbonyl (C=O) groups excluding carboxylic acids is 2. The van der Waals surface area contributed by atoms with E-state index in [0.717, 1.165) is 23.3 Å². The first-order valence-electron chi connectivity index (χ1n) is 7.11. The number of fused-ring (bicyclic) bond motifs is 1. The highest BCUT2D eigenvalue weighted by Crippen LogP contribution is 2.19. The first kappa shape index (κ1) is 13.6. The standard InChI is InChI=1S/C15H18N4O2/c1-9(19-7-3-4-14(19)20)15(21)18-11-5-6-12-13(8-11)17-10(2)16-12/h5-6,8-9H,3-4,7H2,1-2H3,(H,16,17)(H,18,21)/t9-/m0/s1. The molecule has 21 heavy (non-hydrogen) atoms. The molecule has 0 bridgehead atoms. The molecule has 1 aliphatic rings. The third-order valence-corrected chi connectivity index (χ3v) is 3.82. The molecule has 1 saturated heterocycles. The van der Waals surface area contributed by atoms with E-state index in [9.17, 15) is 9.59 Å². The lowest BCUT2D eigenvalue weighted by molar-refractivity contribution is -0.134. The number of amides is 2. The van der Waals surface area contributed by atoms with Gasteiger partial charge in [0.1, 0.15) is 11.9 Å². The van der Waals surface area contributed by atoms with Gasteiger partial charge in [-0.1, -0.05) is 0 Å². The van der Waals surface area contributed by atoms with Gasteiger partial charge in [0.15, 0.2) is 0 Å². The summed E-state index contributed by atoms with van der Waals surface area (Å²) in [6, 6.07) is 5.09. The fourth-order valence-corrected chi connectivity index (χ4v) is 2.68. The maximum atomic E-state index is 12.3. The van der Waals surface area contributed by atoms with Gasteiger partial charge in [-0.15, -0.1) is 0 Å². The number of H-pyrrole nitrogens is 1. The largest absolute Gasteiger partial charge is 0.342 e. The predicted octanol–water partition coefficient (Wildman–Crippen LogP) is 1.82. The average Bonchev–Trinajstić information content (AvgIpc) is 3.02. The summed E-state index contributed by atoms with van der Waals surface area (Å²) in [5.41, 5.74) is 2.46. The van der Waals surface area contributed by atoms with Crippen LogP contribution < -0.4 is 5.32 Å². The Kier molecular flexibility index (Phi) is 3.37. The molecule has 3 rings (SSSR count). The minimum absolute atomic E-state index is 0.0531. The van der Waals surface area contributed by atoms with Gasteiger partial charge in [0.2, 0.25) is 11.8 Å². The summed E-state index contributed by atoms with van der Waals surface area (Å²) in [6.07, 6.45) is 1.37. The van der Waals surface area contributed by atoms with Crippen molar-refractivity contribution in [3.8, 4) is 0 Å². The zero-order valence-electron chi connectivity index (χ0n) is 12.1. The normalized spacial score (nSPS) is 16.5. The highest BCUT2D eigenvalue weighted by atomic mass is 16.2. The molecule has 1 aliphatic heterocycles. The van der Waals surface area contributed by atoms with Gasteiger partial charge in [-0.2, -0.15) is 0 Å². The smallest absolute Gasteiger partial charge is 0.246 e. The summed E-state index contributed by atoms with van der Waals surface area (Å²) >= 11 is 0. The van der Waals surface area contributed by atoms with E-state index in [-0.39, 0.29) is 11.8 Å². The molecule has 1 aromatic carbocycles. The monoisotopic (exact) mass is 286 g/mol. The summed E-state index contributed by atoms with van der Waals surface area (Å²) in [5.74, 6) is 0.725. The van der Waals surface area contributed by atoms with Crippen LogP contribution in [0.15, 0.2) is 18.2 Å². The zero-order valence-corrected chi connectivity index (χ0v) is 12.1. The highest BCUT2D eigenvalue weighted by molar-refractivity contribution is 5.98. The molecule has 6 heteroatoms. The molecule has 6 nitrogen and oxygen atoms in total. The predicted molar refractivity (Wildman–Crippen MR) is 79.9 cm³/mol. The molecule has 0 spiro atoms. The van der Waals surface area contributed by atoms with Crippen molar-refractivity contribution in [2.45, 2.75) is 32.7 Å². The van der Waals surface area contributed by atoms with E-state index in [1.807, 2.05) is 25.1 Å². The minimum atomic E-state index is -0.445. The van der Waals surface area contributed by atoms with Gasteiger partial charge in [-0.25, -0.2) is 4.98 Å². The van der Waals surface area contributed by atoms with Crippen LogP contribution in [0.5, 0.6) is 0 Å². The molecule has 2 heterocycles. The Labute approximate surface area is 122 Å². The number of carbonyl (C=O) groups is 2. The molecular formula is C15H18N4O2. The van der Waals surface area contributed by atoms with Gasteiger partial charge in [0.05, 0.1) is 11.0 Å². The number of aromatic nitrogens is 2. The lowest BCUT2D eigenvalue weighted by Gasteiger charge is -2.23. The molecule has 0 aliphatic carbocycles. The number of benzene rings is 1. The summed E-state index contributed by atoms with van der Waals surface area (Å²) in [7, 11) is 0. The molecule has 0 unspecified atom stereocenters. The SMILES string of the molecule is Cc1nc2ccc(NC(=O)[C@H](C)N3CCCC3=O)cc2[nH]1. The van der Waals surface area contributed by atoms with Crippen molar-refractivity contribution in [2.75, 3.05) is 11.9 Å². The van der Waals surface area contributed by atoms with Crippen molar-refractivity contribution in [1.82, 2.24) is 14.9 Å². The molecule has 1 atom stereocenters. The van der Waals surface area contributed by atoms with Crippen molar-refractivity contribution in [2.24, 2.45) is 0 Å². The molecule has 1 fully saturated rings. The number of hydrogen-bond donors (Lipinski definition) is 2. The van der Waals surface area contributed by atoms with Crippen LogP contribution in [-0.4, -0.2) is 39.3 Å². The Hall–Kier alpha value is -2.37. The van der Waals surface area contributed by atoms with Crippen molar-refractivity contribution < 1.29 is 9.59 Å². The summed E-state index contributed by atoms with van der Waals surface area (Å²) in [6.45, 7) is 4.31. The molecule has 0 radical (unpaired) electrons.